The highest BCUT2D eigenvalue weighted by molar-refractivity contribution is 8.00. The number of nitrogens with two attached hydrogens (primary N) is 1. The van der Waals surface area contributed by atoms with E-state index in [1.54, 1.807) is 11.3 Å². The molecule has 0 saturated heterocycles. The molecule has 1 fully saturated rings. The molecule has 5 rings (SSSR count). The van der Waals surface area contributed by atoms with E-state index in [1.165, 1.54) is 26.7 Å². The van der Waals surface area contributed by atoms with Gasteiger partial charge in [-0.15, -0.1) is 21.5 Å². The van der Waals surface area contributed by atoms with Crippen molar-refractivity contribution in [2.75, 3.05) is 11.2 Å². The van der Waals surface area contributed by atoms with Gasteiger partial charge in [0.25, 0.3) is 0 Å². The van der Waals surface area contributed by atoms with Crippen molar-refractivity contribution < 1.29 is 4.79 Å². The molecule has 1 unspecified atom stereocenters. The van der Waals surface area contributed by atoms with Gasteiger partial charge in [-0.3, -0.25) is 4.79 Å². The molecule has 158 valence electrons. The summed E-state index contributed by atoms with van der Waals surface area (Å²) in [6, 6.07) is 14.0. The third-order valence-electron chi connectivity index (χ3n) is 5.23. The monoisotopic (exact) mass is 450 g/mol. The lowest BCUT2D eigenvalue weighted by Crippen LogP contribution is -2.23. The van der Waals surface area contributed by atoms with Crippen molar-refractivity contribution in [2.24, 2.45) is 0 Å². The van der Waals surface area contributed by atoms with E-state index in [1.807, 2.05) is 37.3 Å². The number of anilines is 1. The van der Waals surface area contributed by atoms with Crippen molar-refractivity contribution in [1.82, 2.24) is 19.9 Å². The minimum absolute atomic E-state index is 0.107. The first-order valence-corrected chi connectivity index (χ1v) is 11.8. The molecule has 0 radical (unpaired) electrons. The summed E-state index contributed by atoms with van der Waals surface area (Å²) >= 11 is 2.98. The summed E-state index contributed by atoms with van der Waals surface area (Å²) in [6.07, 6.45) is 2.20. The maximum Gasteiger partial charge on any atom is 0.237 e. The maximum atomic E-state index is 12.6. The molecule has 2 aromatic carbocycles. The lowest BCUT2D eigenvalue weighted by Gasteiger charge is -2.11. The number of hydrogen-bond donors (Lipinski definition) is 2. The number of thiazole rings is 1. The second-order valence-corrected chi connectivity index (χ2v) is 10.1. The average Bonchev–Trinajstić information content (AvgIpc) is 3.41. The van der Waals surface area contributed by atoms with Crippen molar-refractivity contribution in [3.05, 3.63) is 53.9 Å². The topological polar surface area (TPSA) is 98.7 Å². The number of hydrogen-bond acceptors (Lipinski definition) is 7. The number of rotatable bonds is 6. The number of aromatic nitrogens is 4. The number of fused-ring (bicyclic) bond motifs is 1. The van der Waals surface area contributed by atoms with Crippen molar-refractivity contribution in [3.8, 4) is 10.6 Å². The molecule has 0 spiro atoms. The first-order valence-electron chi connectivity index (χ1n) is 10.1. The quantitative estimate of drug-likeness (QED) is 0.330. The Balaban J connectivity index is 1.24. The number of nitrogens with zero attached hydrogens (tertiary/aromatic N) is 4. The van der Waals surface area contributed by atoms with Crippen molar-refractivity contribution in [2.45, 2.75) is 43.0 Å². The smallest absolute Gasteiger partial charge is 0.237 e. The van der Waals surface area contributed by atoms with Crippen LogP contribution in [-0.4, -0.2) is 31.0 Å². The van der Waals surface area contributed by atoms with Crippen LogP contribution in [0.15, 0.2) is 47.6 Å². The molecule has 31 heavy (non-hydrogen) atoms. The van der Waals surface area contributed by atoms with Gasteiger partial charge in [0.05, 0.1) is 15.5 Å². The number of aryl methyl sites for hydroxylation is 1. The van der Waals surface area contributed by atoms with E-state index in [9.17, 15) is 4.79 Å². The highest BCUT2D eigenvalue weighted by atomic mass is 32.2. The van der Waals surface area contributed by atoms with E-state index in [-0.39, 0.29) is 11.2 Å². The Morgan fingerprint density at radius 3 is 2.74 bits per heavy atom. The van der Waals surface area contributed by atoms with Crippen LogP contribution in [0, 0.1) is 6.92 Å². The molecule has 7 nitrogen and oxygen atoms in total. The Morgan fingerprint density at radius 2 is 2.00 bits per heavy atom. The van der Waals surface area contributed by atoms with Crippen LogP contribution in [0.4, 0.5) is 5.69 Å². The molecular weight excluding hydrogens is 428 g/mol. The summed E-state index contributed by atoms with van der Waals surface area (Å²) < 4.78 is 2.69. The number of carbonyl (C=O) groups is 1. The SMILES string of the molecule is Cc1ccc2nc(-c3ccc(NC(=O)C(C)Sc4nnc(C5CC5)n4N)cc3)sc2c1. The van der Waals surface area contributed by atoms with E-state index >= 15 is 0 Å². The van der Waals surface area contributed by atoms with Gasteiger partial charge in [-0.25, -0.2) is 9.66 Å². The van der Waals surface area contributed by atoms with Crippen molar-refractivity contribution in [1.29, 1.82) is 0 Å². The molecule has 1 aliphatic rings. The molecule has 1 atom stereocenters. The van der Waals surface area contributed by atoms with Crippen LogP contribution in [0.5, 0.6) is 0 Å². The fraction of sp³-hybridized carbons (Fsp3) is 0.273. The standard InChI is InChI=1S/C22H22N6OS2/c1-12-3-10-17-18(11-12)31-21(25-17)15-6-8-16(9-7-15)24-20(29)13(2)30-22-27-26-19(28(22)23)14-4-5-14/h3,6-11,13-14H,4-5,23H2,1-2H3,(H,24,29). The third kappa shape index (κ3) is 4.15. The number of benzene rings is 2. The summed E-state index contributed by atoms with van der Waals surface area (Å²) in [4.78, 5) is 17.4. The molecule has 1 amide bonds. The van der Waals surface area contributed by atoms with Gasteiger partial charge in [-0.05, 0) is 68.7 Å². The Bertz CT molecular complexity index is 1260. The zero-order chi connectivity index (χ0) is 21.5. The molecule has 9 heteroatoms. The first-order chi connectivity index (χ1) is 15.0. The van der Waals surface area contributed by atoms with Crippen LogP contribution in [0.2, 0.25) is 0 Å². The second-order valence-electron chi connectivity index (χ2n) is 7.80. The lowest BCUT2D eigenvalue weighted by molar-refractivity contribution is -0.115. The van der Waals surface area contributed by atoms with E-state index in [0.717, 1.165) is 40.4 Å². The lowest BCUT2D eigenvalue weighted by atomic mass is 10.2. The second kappa shape index (κ2) is 7.97. The molecule has 1 saturated carbocycles. The minimum atomic E-state index is -0.356. The Hall–Kier alpha value is -2.91. The fourth-order valence-corrected chi connectivity index (χ4v) is 5.14. The highest BCUT2D eigenvalue weighted by Gasteiger charge is 2.30. The number of amides is 1. The van der Waals surface area contributed by atoms with Crippen LogP contribution in [0.3, 0.4) is 0 Å². The molecule has 0 aliphatic heterocycles. The van der Waals surface area contributed by atoms with Crippen LogP contribution in [0.25, 0.3) is 20.8 Å². The van der Waals surface area contributed by atoms with Gasteiger partial charge in [0.2, 0.25) is 11.1 Å². The Morgan fingerprint density at radius 1 is 1.23 bits per heavy atom. The molecule has 2 heterocycles. The maximum absolute atomic E-state index is 12.6. The molecule has 0 bridgehead atoms. The molecule has 2 aromatic heterocycles. The van der Waals surface area contributed by atoms with Gasteiger partial charge in [0.15, 0.2) is 5.82 Å². The summed E-state index contributed by atoms with van der Waals surface area (Å²) in [6.45, 7) is 3.92. The molecule has 4 aromatic rings. The van der Waals surface area contributed by atoms with Gasteiger partial charge in [-0.2, -0.15) is 0 Å². The van der Waals surface area contributed by atoms with Crippen LogP contribution < -0.4 is 11.2 Å². The normalized spacial score (nSPS) is 14.6. The number of nitrogens with one attached hydrogen (secondary N) is 1. The van der Waals surface area contributed by atoms with Gasteiger partial charge in [-0.1, -0.05) is 17.8 Å². The predicted molar refractivity (Wildman–Crippen MR) is 126 cm³/mol. The zero-order valence-corrected chi connectivity index (χ0v) is 18.8. The fourth-order valence-electron chi connectivity index (χ4n) is 3.30. The highest BCUT2D eigenvalue weighted by Crippen LogP contribution is 2.39. The van der Waals surface area contributed by atoms with E-state index in [0.29, 0.717) is 11.1 Å². The Kier molecular flexibility index (Phi) is 5.15. The van der Waals surface area contributed by atoms with E-state index < -0.39 is 0 Å². The summed E-state index contributed by atoms with van der Waals surface area (Å²) in [5.74, 6) is 7.19. The van der Waals surface area contributed by atoms with Gasteiger partial charge in [0, 0.05) is 17.2 Å². The van der Waals surface area contributed by atoms with Crippen LogP contribution >= 0.6 is 23.1 Å². The van der Waals surface area contributed by atoms with E-state index in [2.05, 4.69) is 34.6 Å². The third-order valence-corrected chi connectivity index (χ3v) is 7.35. The largest absolute Gasteiger partial charge is 0.336 e. The number of nitrogen functional groups attached to an aromatic ring is 1. The summed E-state index contributed by atoms with van der Waals surface area (Å²) in [5, 5.41) is 12.4. The minimum Gasteiger partial charge on any atom is -0.336 e. The van der Waals surface area contributed by atoms with Gasteiger partial charge >= 0.3 is 0 Å². The Labute approximate surface area is 188 Å². The van der Waals surface area contributed by atoms with Crippen molar-refractivity contribution in [3.63, 3.8) is 0 Å². The number of thioether (sulfide) groups is 1. The van der Waals surface area contributed by atoms with Crippen LogP contribution in [-0.2, 0) is 4.79 Å². The molecule has 1 aliphatic carbocycles. The average molecular weight is 451 g/mol. The molecule has 3 N–H and O–H groups in total. The van der Waals surface area contributed by atoms with Gasteiger partial charge in [0.1, 0.15) is 5.01 Å². The summed E-state index contributed by atoms with van der Waals surface area (Å²) in [7, 11) is 0. The van der Waals surface area contributed by atoms with Crippen molar-refractivity contribution >= 4 is 44.9 Å². The zero-order valence-electron chi connectivity index (χ0n) is 17.2. The van der Waals surface area contributed by atoms with Crippen LogP contribution in [0.1, 0.15) is 37.1 Å². The predicted octanol–water partition coefficient (Wildman–Crippen LogP) is 4.57. The number of carbonyl (C=O) groups excluding carboxylic acids is 1. The first kappa shape index (κ1) is 20.0. The molecular formula is C22H22N6OS2. The summed E-state index contributed by atoms with van der Waals surface area (Å²) in [5.41, 5.74) is 4.00. The van der Waals surface area contributed by atoms with Gasteiger partial charge < -0.3 is 11.2 Å². The van der Waals surface area contributed by atoms with E-state index in [4.69, 9.17) is 10.8 Å².